The summed E-state index contributed by atoms with van der Waals surface area (Å²) in [6.45, 7) is 6.62. The number of aromatic nitrogens is 1. The van der Waals surface area contributed by atoms with Gasteiger partial charge in [-0.05, 0) is 30.5 Å². The van der Waals surface area contributed by atoms with Gasteiger partial charge in [0.2, 0.25) is 0 Å². The highest BCUT2D eigenvalue weighted by molar-refractivity contribution is 5.77. The molecule has 4 nitrogen and oxygen atoms in total. The van der Waals surface area contributed by atoms with Crippen LogP contribution in [0.3, 0.4) is 0 Å². The van der Waals surface area contributed by atoms with Crippen LogP contribution in [-0.4, -0.2) is 29.0 Å². The summed E-state index contributed by atoms with van der Waals surface area (Å²) in [7, 11) is 1.45. The van der Waals surface area contributed by atoms with Crippen molar-refractivity contribution in [3.63, 3.8) is 0 Å². The van der Waals surface area contributed by atoms with Crippen LogP contribution in [0.5, 0.6) is 0 Å². The molecule has 1 aliphatic carbocycles. The smallest absolute Gasteiger partial charge is 0.328 e. The Morgan fingerprint density at radius 2 is 2.20 bits per heavy atom. The Morgan fingerprint density at radius 1 is 1.45 bits per heavy atom. The average Bonchev–Trinajstić information content (AvgIpc) is 2.82. The Morgan fingerprint density at radius 3 is 2.90 bits per heavy atom. The Bertz CT molecular complexity index is 684. The van der Waals surface area contributed by atoms with Crippen molar-refractivity contribution in [2.24, 2.45) is 0 Å². The summed E-state index contributed by atoms with van der Waals surface area (Å²) in [5.74, 6) is -0.187. The first kappa shape index (κ1) is 13.0. The fourth-order valence-corrected chi connectivity index (χ4v) is 3.18. The lowest BCUT2D eigenvalue weighted by Crippen LogP contribution is -2.46. The normalized spacial score (nSPS) is 20.3. The first-order chi connectivity index (χ1) is 9.61. The summed E-state index contributed by atoms with van der Waals surface area (Å²) in [6.07, 6.45) is 7.35. The number of allylic oxidation sites excluding steroid dienone is 1. The van der Waals surface area contributed by atoms with E-state index >= 15 is 0 Å². The zero-order chi connectivity index (χ0) is 14.3. The van der Waals surface area contributed by atoms with Crippen LogP contribution in [-0.2, 0) is 22.5 Å². The molecule has 3 rings (SSSR count). The third kappa shape index (κ3) is 1.96. The number of methoxy groups -OCH3 is 1. The number of carbonyl (C=O) groups excluding carboxylic acids is 1. The number of ether oxygens (including phenoxy) is 1. The summed E-state index contributed by atoms with van der Waals surface area (Å²) in [5.41, 5.74) is 3.36. The molecular weight excluding hydrogens is 252 g/mol. The predicted octanol–water partition coefficient (Wildman–Crippen LogP) is 0.803. The van der Waals surface area contributed by atoms with Crippen LogP contribution in [0.15, 0.2) is 12.3 Å². The molecule has 0 aromatic carbocycles. The van der Waals surface area contributed by atoms with Crippen LogP contribution in [0.1, 0.15) is 31.0 Å². The van der Waals surface area contributed by atoms with Gasteiger partial charge in [-0.25, -0.2) is 4.79 Å². The van der Waals surface area contributed by atoms with Crippen LogP contribution in [0.4, 0.5) is 0 Å². The number of nitrogens with zero attached hydrogens (tertiary/aromatic N) is 1. The van der Waals surface area contributed by atoms with E-state index in [-0.39, 0.29) is 12.0 Å². The molecule has 4 heteroatoms. The number of H-pyrrole nitrogens is 1. The maximum atomic E-state index is 12.0. The van der Waals surface area contributed by atoms with Crippen LogP contribution < -0.4 is 10.6 Å². The summed E-state index contributed by atoms with van der Waals surface area (Å²) in [5, 5.41) is 2.48. The number of nitrogens with one attached hydrogen (secondary N) is 1. The molecule has 20 heavy (non-hydrogen) atoms. The van der Waals surface area contributed by atoms with E-state index in [0.29, 0.717) is 13.0 Å². The molecule has 0 fully saturated rings. The molecule has 1 atom stereocenters. The minimum atomic E-state index is -0.264. The van der Waals surface area contributed by atoms with E-state index < -0.39 is 0 Å². The largest absolute Gasteiger partial charge is 0.467 e. The molecule has 0 unspecified atom stereocenters. The zero-order valence-corrected chi connectivity index (χ0v) is 12.0. The van der Waals surface area contributed by atoms with Gasteiger partial charge < -0.3 is 14.6 Å². The first-order valence-corrected chi connectivity index (χ1v) is 7.02. The second kappa shape index (κ2) is 4.85. The molecule has 1 aromatic rings. The number of aromatic amines is 1. The highest BCUT2D eigenvalue weighted by Gasteiger charge is 2.33. The number of hydrogen-bond donors (Lipinski definition) is 1. The number of esters is 1. The minimum absolute atomic E-state index is 0.187. The van der Waals surface area contributed by atoms with Crippen molar-refractivity contribution in [2.75, 3.05) is 7.11 Å². The fourth-order valence-electron chi connectivity index (χ4n) is 3.18. The van der Waals surface area contributed by atoms with Crippen LogP contribution in [0.2, 0.25) is 0 Å². The molecule has 0 amide bonds. The molecule has 2 aliphatic rings. The van der Waals surface area contributed by atoms with Crippen LogP contribution >= 0.6 is 0 Å². The van der Waals surface area contributed by atoms with E-state index in [1.54, 1.807) is 0 Å². The van der Waals surface area contributed by atoms with Gasteiger partial charge in [-0.1, -0.05) is 18.7 Å². The molecule has 0 saturated heterocycles. The third-order valence-corrected chi connectivity index (χ3v) is 4.19. The Labute approximate surface area is 118 Å². The molecule has 106 valence electrons. The summed E-state index contributed by atoms with van der Waals surface area (Å²) < 4.78 is 4.96. The molecule has 0 bridgehead atoms. The Balaban J connectivity index is 2.09. The minimum Gasteiger partial charge on any atom is -0.467 e. The molecule has 0 saturated carbocycles. The molecule has 1 aliphatic heterocycles. The van der Waals surface area contributed by atoms with Crippen molar-refractivity contribution in [3.8, 4) is 0 Å². The lowest BCUT2D eigenvalue weighted by atomic mass is 9.96. The van der Waals surface area contributed by atoms with Gasteiger partial charge in [-0.3, -0.25) is 0 Å². The number of rotatable bonds is 2. The van der Waals surface area contributed by atoms with Gasteiger partial charge in [0.1, 0.15) is 6.04 Å². The van der Waals surface area contributed by atoms with Crippen molar-refractivity contribution in [1.29, 1.82) is 0 Å². The van der Waals surface area contributed by atoms with E-state index in [2.05, 4.69) is 23.7 Å². The lowest BCUT2D eigenvalue weighted by Gasteiger charge is -2.35. The van der Waals surface area contributed by atoms with Gasteiger partial charge in [0.05, 0.1) is 13.7 Å². The van der Waals surface area contributed by atoms with Crippen molar-refractivity contribution in [3.05, 3.63) is 34.1 Å². The Kier molecular flexibility index (Phi) is 3.16. The second-order valence-corrected chi connectivity index (χ2v) is 5.50. The maximum absolute atomic E-state index is 12.0. The number of fused-ring (bicyclic) bond motifs is 3. The van der Waals surface area contributed by atoms with Gasteiger partial charge >= 0.3 is 5.97 Å². The number of carbonyl (C=O) groups is 1. The molecule has 2 heterocycles. The molecule has 0 spiro atoms. The van der Waals surface area contributed by atoms with E-state index in [1.165, 1.54) is 28.9 Å². The van der Waals surface area contributed by atoms with Gasteiger partial charge in [-0.15, -0.1) is 0 Å². The first-order valence-electron chi connectivity index (χ1n) is 7.02. The van der Waals surface area contributed by atoms with Gasteiger partial charge in [0.15, 0.2) is 0 Å². The maximum Gasteiger partial charge on any atom is 0.328 e. The van der Waals surface area contributed by atoms with Gasteiger partial charge in [0.25, 0.3) is 0 Å². The van der Waals surface area contributed by atoms with Crippen molar-refractivity contribution >= 4 is 18.1 Å². The Hall–Kier alpha value is -1.97. The van der Waals surface area contributed by atoms with E-state index in [9.17, 15) is 4.79 Å². The van der Waals surface area contributed by atoms with Gasteiger partial charge in [-0.2, -0.15) is 0 Å². The standard InChI is InChI=1S/C16H20N2O2/c1-10(2)18-9-14-12(8-15(18)16(19)20-3)11-6-4-5-7-13(11)17-14/h6-7,15,17H,1,4-5,8-9H2,2-3H3/t15-/m0/s1. The van der Waals surface area contributed by atoms with Crippen molar-refractivity contribution < 1.29 is 9.53 Å². The lowest BCUT2D eigenvalue weighted by molar-refractivity contribution is -0.146. The van der Waals surface area contributed by atoms with Crippen molar-refractivity contribution in [1.82, 2.24) is 9.88 Å². The van der Waals surface area contributed by atoms with Crippen LogP contribution in [0.25, 0.3) is 12.2 Å². The highest BCUT2D eigenvalue weighted by atomic mass is 16.5. The van der Waals surface area contributed by atoms with E-state index in [1.807, 2.05) is 11.8 Å². The van der Waals surface area contributed by atoms with E-state index in [0.717, 1.165) is 18.5 Å². The van der Waals surface area contributed by atoms with E-state index in [4.69, 9.17) is 4.74 Å². The monoisotopic (exact) mass is 272 g/mol. The SMILES string of the molecule is C=C(C)N1Cc2[nH]c3c(c2C[C@H]1C(=O)OC)=CCCC=3. The fraction of sp³-hybridized carbons (Fsp3) is 0.438. The highest BCUT2D eigenvalue weighted by Crippen LogP contribution is 2.23. The topological polar surface area (TPSA) is 45.3 Å². The third-order valence-electron chi connectivity index (χ3n) is 4.19. The predicted molar refractivity (Wildman–Crippen MR) is 78.1 cm³/mol. The van der Waals surface area contributed by atoms with Crippen molar-refractivity contribution in [2.45, 2.75) is 38.8 Å². The molecule has 1 N–H and O–H groups in total. The van der Waals surface area contributed by atoms with Crippen LogP contribution in [0, 0.1) is 0 Å². The summed E-state index contributed by atoms with van der Waals surface area (Å²) in [4.78, 5) is 17.6. The second-order valence-electron chi connectivity index (χ2n) is 5.50. The molecule has 1 aromatic heterocycles. The molecule has 0 radical (unpaired) electrons. The summed E-state index contributed by atoms with van der Waals surface area (Å²) >= 11 is 0. The summed E-state index contributed by atoms with van der Waals surface area (Å²) in [6, 6.07) is -0.264. The average molecular weight is 272 g/mol. The number of hydrogen-bond acceptors (Lipinski definition) is 3. The quantitative estimate of drug-likeness (QED) is 0.810. The zero-order valence-electron chi connectivity index (χ0n) is 12.0. The van der Waals surface area contributed by atoms with Gasteiger partial charge in [0, 0.05) is 23.2 Å². The molecular formula is C16H20N2O2.